The first-order chi connectivity index (χ1) is 8.06. The lowest BCUT2D eigenvalue weighted by Crippen LogP contribution is -2.36. The fourth-order valence-electron chi connectivity index (χ4n) is 1.40. The van der Waals surface area contributed by atoms with Gasteiger partial charge in [-0.05, 0) is 18.6 Å². The van der Waals surface area contributed by atoms with E-state index in [1.165, 1.54) is 18.3 Å². The van der Waals surface area contributed by atoms with Crippen LogP contribution in [0.4, 0.5) is 0 Å². The third-order valence-corrected chi connectivity index (χ3v) is 2.10. The van der Waals surface area contributed by atoms with Crippen LogP contribution in [-0.2, 0) is 4.79 Å². The van der Waals surface area contributed by atoms with Gasteiger partial charge in [0, 0.05) is 12.7 Å². The molecule has 0 radical (unpaired) electrons. The molecule has 0 aliphatic heterocycles. The molecule has 0 atom stereocenters. The van der Waals surface area contributed by atoms with Crippen LogP contribution < -0.4 is 0 Å². The van der Waals surface area contributed by atoms with Gasteiger partial charge in [0.05, 0.1) is 0 Å². The highest BCUT2D eigenvalue weighted by molar-refractivity contribution is 5.96. The van der Waals surface area contributed by atoms with Crippen LogP contribution in [0.3, 0.4) is 0 Å². The van der Waals surface area contributed by atoms with Crippen LogP contribution in [0, 0.1) is 0 Å². The topological polar surface area (TPSA) is 90.7 Å². The summed E-state index contributed by atoms with van der Waals surface area (Å²) < 4.78 is 0. The maximum Gasteiger partial charge on any atom is 0.323 e. The third-order valence-electron chi connectivity index (χ3n) is 2.10. The number of pyridine rings is 1. The molecule has 0 unspecified atom stereocenters. The number of carboxylic acid groups (broad SMARTS) is 1. The van der Waals surface area contributed by atoms with Gasteiger partial charge in [0.15, 0.2) is 5.69 Å². The van der Waals surface area contributed by atoms with Crippen molar-refractivity contribution < 1.29 is 19.8 Å². The zero-order valence-corrected chi connectivity index (χ0v) is 9.46. The molecule has 1 heterocycles. The largest absolute Gasteiger partial charge is 0.505 e. The Kier molecular flexibility index (Phi) is 4.45. The second-order valence-corrected chi connectivity index (χ2v) is 3.49. The summed E-state index contributed by atoms with van der Waals surface area (Å²) in [6.45, 7) is 1.74. The molecule has 0 saturated carbocycles. The molecule has 17 heavy (non-hydrogen) atoms. The smallest absolute Gasteiger partial charge is 0.323 e. The number of hydrogen-bond donors (Lipinski definition) is 2. The number of carbonyl (C=O) groups excluding carboxylic acids is 1. The van der Waals surface area contributed by atoms with Crippen molar-refractivity contribution in [1.82, 2.24) is 9.88 Å². The van der Waals surface area contributed by atoms with Crippen molar-refractivity contribution in [3.8, 4) is 5.75 Å². The molecule has 92 valence electrons. The summed E-state index contributed by atoms with van der Waals surface area (Å²) >= 11 is 0. The average molecular weight is 238 g/mol. The summed E-state index contributed by atoms with van der Waals surface area (Å²) in [6, 6.07) is 2.83. The molecule has 2 N–H and O–H groups in total. The summed E-state index contributed by atoms with van der Waals surface area (Å²) in [5, 5.41) is 18.2. The second-order valence-electron chi connectivity index (χ2n) is 3.49. The Morgan fingerprint density at radius 2 is 2.18 bits per heavy atom. The summed E-state index contributed by atoms with van der Waals surface area (Å²) in [4.78, 5) is 27.5. The maximum absolute atomic E-state index is 11.9. The van der Waals surface area contributed by atoms with Crippen LogP contribution in [0.25, 0.3) is 0 Å². The molecule has 0 saturated heterocycles. The van der Waals surface area contributed by atoms with Gasteiger partial charge in [-0.1, -0.05) is 6.92 Å². The lowest BCUT2D eigenvalue weighted by atomic mass is 10.2. The second kappa shape index (κ2) is 5.83. The minimum Gasteiger partial charge on any atom is -0.505 e. The quantitative estimate of drug-likeness (QED) is 0.788. The predicted octanol–water partition coefficient (Wildman–Crippen LogP) is 0.724. The minimum atomic E-state index is -1.10. The number of aromatic nitrogens is 1. The van der Waals surface area contributed by atoms with E-state index in [1.807, 2.05) is 6.92 Å². The molecule has 0 bridgehead atoms. The SMILES string of the molecule is CCCN(CC(=O)O)C(=O)c1ncccc1O. The third kappa shape index (κ3) is 3.44. The number of rotatable bonds is 5. The lowest BCUT2D eigenvalue weighted by molar-refractivity contribution is -0.137. The fraction of sp³-hybridized carbons (Fsp3) is 0.364. The summed E-state index contributed by atoms with van der Waals surface area (Å²) in [7, 11) is 0. The highest BCUT2D eigenvalue weighted by Crippen LogP contribution is 2.15. The predicted molar refractivity (Wildman–Crippen MR) is 59.7 cm³/mol. The first-order valence-corrected chi connectivity index (χ1v) is 5.21. The Balaban J connectivity index is 2.91. The number of carbonyl (C=O) groups is 2. The molecule has 0 fully saturated rings. The van der Waals surface area contributed by atoms with Gasteiger partial charge in [0.25, 0.3) is 5.91 Å². The Bertz CT molecular complexity index is 420. The van der Waals surface area contributed by atoms with Gasteiger partial charge in [0.2, 0.25) is 0 Å². The van der Waals surface area contributed by atoms with Gasteiger partial charge in [-0.25, -0.2) is 4.98 Å². The van der Waals surface area contributed by atoms with Gasteiger partial charge in [-0.15, -0.1) is 0 Å². The highest BCUT2D eigenvalue weighted by Gasteiger charge is 2.21. The van der Waals surface area contributed by atoms with Crippen molar-refractivity contribution in [2.75, 3.05) is 13.1 Å². The number of hydrogen-bond acceptors (Lipinski definition) is 4. The van der Waals surface area contributed by atoms with E-state index in [0.29, 0.717) is 13.0 Å². The first-order valence-electron chi connectivity index (χ1n) is 5.21. The Labute approximate surface area is 98.5 Å². The highest BCUT2D eigenvalue weighted by atomic mass is 16.4. The zero-order chi connectivity index (χ0) is 12.8. The normalized spacial score (nSPS) is 9.94. The van der Waals surface area contributed by atoms with Crippen LogP contribution in [0.2, 0.25) is 0 Å². The lowest BCUT2D eigenvalue weighted by Gasteiger charge is -2.19. The van der Waals surface area contributed by atoms with E-state index in [-0.39, 0.29) is 11.4 Å². The monoisotopic (exact) mass is 238 g/mol. The number of aliphatic carboxylic acids is 1. The number of amides is 1. The molecular weight excluding hydrogens is 224 g/mol. The average Bonchev–Trinajstić information content (AvgIpc) is 2.28. The van der Waals surface area contributed by atoms with E-state index in [1.54, 1.807) is 0 Å². The van der Waals surface area contributed by atoms with Crippen molar-refractivity contribution in [3.05, 3.63) is 24.0 Å². The molecule has 0 aliphatic carbocycles. The van der Waals surface area contributed by atoms with E-state index in [4.69, 9.17) is 5.11 Å². The maximum atomic E-state index is 11.9. The van der Waals surface area contributed by atoms with Crippen molar-refractivity contribution >= 4 is 11.9 Å². The van der Waals surface area contributed by atoms with Crippen molar-refractivity contribution in [2.45, 2.75) is 13.3 Å². The molecule has 1 aromatic heterocycles. The van der Waals surface area contributed by atoms with Crippen LogP contribution in [-0.4, -0.2) is 45.1 Å². The van der Waals surface area contributed by atoms with Crippen molar-refractivity contribution in [1.29, 1.82) is 0 Å². The van der Waals surface area contributed by atoms with Crippen LogP contribution in [0.5, 0.6) is 5.75 Å². The van der Waals surface area contributed by atoms with E-state index >= 15 is 0 Å². The summed E-state index contributed by atoms with van der Waals surface area (Å²) in [5.41, 5.74) is -0.123. The molecule has 1 amide bonds. The molecule has 0 aromatic carbocycles. The van der Waals surface area contributed by atoms with Crippen LogP contribution >= 0.6 is 0 Å². The van der Waals surface area contributed by atoms with E-state index < -0.39 is 18.4 Å². The Morgan fingerprint density at radius 3 is 2.71 bits per heavy atom. The van der Waals surface area contributed by atoms with Crippen molar-refractivity contribution in [2.24, 2.45) is 0 Å². The molecular formula is C11H14N2O4. The minimum absolute atomic E-state index is 0.123. The van der Waals surface area contributed by atoms with Gasteiger partial charge < -0.3 is 15.1 Å². The van der Waals surface area contributed by atoms with Gasteiger partial charge >= 0.3 is 5.97 Å². The summed E-state index contributed by atoms with van der Waals surface area (Å²) in [6.07, 6.45) is 2.00. The molecule has 1 rings (SSSR count). The fourth-order valence-corrected chi connectivity index (χ4v) is 1.40. The van der Waals surface area contributed by atoms with Gasteiger partial charge in [-0.2, -0.15) is 0 Å². The number of aromatic hydroxyl groups is 1. The zero-order valence-electron chi connectivity index (χ0n) is 9.46. The van der Waals surface area contributed by atoms with Crippen LogP contribution in [0.15, 0.2) is 18.3 Å². The molecule has 1 aromatic rings. The number of nitrogens with zero attached hydrogens (tertiary/aromatic N) is 2. The van der Waals surface area contributed by atoms with E-state index in [0.717, 1.165) is 4.90 Å². The standard InChI is InChI=1S/C11H14N2O4/c1-2-6-13(7-9(15)16)11(17)10-8(14)4-3-5-12-10/h3-5,14H,2,6-7H2,1H3,(H,15,16). The Hall–Kier alpha value is -2.11. The van der Waals surface area contributed by atoms with E-state index in [2.05, 4.69) is 4.98 Å². The molecule has 6 heteroatoms. The number of carboxylic acids is 1. The van der Waals surface area contributed by atoms with Gasteiger partial charge in [-0.3, -0.25) is 9.59 Å². The Morgan fingerprint density at radius 1 is 1.47 bits per heavy atom. The first kappa shape index (κ1) is 13.0. The van der Waals surface area contributed by atoms with Crippen molar-refractivity contribution in [3.63, 3.8) is 0 Å². The molecule has 6 nitrogen and oxygen atoms in total. The summed E-state index contributed by atoms with van der Waals surface area (Å²) in [5.74, 6) is -1.92. The molecule has 0 spiro atoms. The van der Waals surface area contributed by atoms with E-state index in [9.17, 15) is 14.7 Å². The molecule has 0 aliphatic rings. The van der Waals surface area contributed by atoms with Gasteiger partial charge in [0.1, 0.15) is 12.3 Å². The van der Waals surface area contributed by atoms with Crippen LogP contribution in [0.1, 0.15) is 23.8 Å².